The van der Waals surface area contributed by atoms with E-state index in [1.165, 1.54) is 24.3 Å². The number of hydrogen-bond acceptors (Lipinski definition) is 9. The predicted molar refractivity (Wildman–Crippen MR) is 104 cm³/mol. The molecule has 2 amide bonds. The van der Waals surface area contributed by atoms with Gasteiger partial charge in [-0.05, 0) is 32.0 Å². The Morgan fingerprint density at radius 3 is 2.83 bits per heavy atom. The monoisotopic (exact) mass is 430 g/mol. The van der Waals surface area contributed by atoms with Crippen LogP contribution in [0.4, 0.5) is 4.79 Å². The molecule has 0 saturated heterocycles. The molecule has 0 radical (unpaired) electrons. The quantitative estimate of drug-likeness (QED) is 0.428. The van der Waals surface area contributed by atoms with Crippen molar-refractivity contribution >= 4 is 23.8 Å². The summed E-state index contributed by atoms with van der Waals surface area (Å²) in [5, 5.41) is 13.7. The summed E-state index contributed by atoms with van der Waals surface area (Å²) in [6, 6.07) is 3.87. The van der Waals surface area contributed by atoms with Crippen LogP contribution in [0.5, 0.6) is 0 Å². The zero-order valence-electron chi connectivity index (χ0n) is 16.1. The Labute approximate surface area is 175 Å². The summed E-state index contributed by atoms with van der Waals surface area (Å²) in [6.45, 7) is 3.70. The highest BCUT2D eigenvalue weighted by Gasteiger charge is 2.35. The van der Waals surface area contributed by atoms with Gasteiger partial charge in [-0.25, -0.2) is 9.59 Å². The van der Waals surface area contributed by atoms with E-state index in [-0.39, 0.29) is 23.2 Å². The number of carbonyl (C=O) groups excluding carboxylic acids is 2. The van der Waals surface area contributed by atoms with Gasteiger partial charge in [0.05, 0.1) is 30.3 Å². The minimum absolute atomic E-state index is 0.193. The Morgan fingerprint density at radius 2 is 2.13 bits per heavy atom. The van der Waals surface area contributed by atoms with Crippen molar-refractivity contribution in [2.45, 2.75) is 25.1 Å². The Kier molecular flexibility index (Phi) is 5.61. The average Bonchev–Trinajstić information content (AvgIpc) is 3.47. The second-order valence-corrected chi connectivity index (χ2v) is 7.14. The molecule has 1 aliphatic heterocycles. The number of nitrogens with one attached hydrogen (secondary N) is 2. The van der Waals surface area contributed by atoms with Crippen molar-refractivity contribution in [3.63, 3.8) is 0 Å². The molecule has 0 saturated carbocycles. The summed E-state index contributed by atoms with van der Waals surface area (Å²) >= 11 is 1.18. The molecule has 4 rings (SSSR count). The maximum atomic E-state index is 12.6. The van der Waals surface area contributed by atoms with E-state index in [1.807, 2.05) is 0 Å². The van der Waals surface area contributed by atoms with Crippen molar-refractivity contribution in [3.8, 4) is 11.5 Å². The van der Waals surface area contributed by atoms with Gasteiger partial charge in [0.1, 0.15) is 17.6 Å². The maximum absolute atomic E-state index is 12.6. The number of urea groups is 1. The Bertz CT molecular complexity index is 1080. The fourth-order valence-electron chi connectivity index (χ4n) is 2.97. The molecule has 0 bridgehead atoms. The highest BCUT2D eigenvalue weighted by atomic mass is 32.2. The lowest BCUT2D eigenvalue weighted by molar-refractivity contribution is -0.139. The molecule has 3 aromatic heterocycles. The highest BCUT2D eigenvalue weighted by molar-refractivity contribution is 7.99. The Hall–Kier alpha value is -3.47. The predicted octanol–water partition coefficient (Wildman–Crippen LogP) is 3.19. The summed E-state index contributed by atoms with van der Waals surface area (Å²) in [4.78, 5) is 24.8. The summed E-state index contributed by atoms with van der Waals surface area (Å²) in [6.07, 6.45) is 3.01. The number of thioether (sulfide) groups is 1. The number of aryl methyl sites for hydroxylation is 1. The molecule has 0 spiro atoms. The van der Waals surface area contributed by atoms with Crippen molar-refractivity contribution in [1.82, 2.24) is 20.8 Å². The van der Waals surface area contributed by atoms with E-state index in [0.717, 1.165) is 0 Å². The molecule has 10 nitrogen and oxygen atoms in total. The van der Waals surface area contributed by atoms with Crippen LogP contribution in [0.1, 0.15) is 24.5 Å². The number of nitrogens with zero attached hydrogens (tertiary/aromatic N) is 2. The second-order valence-electron chi connectivity index (χ2n) is 6.21. The van der Waals surface area contributed by atoms with E-state index in [2.05, 4.69) is 20.8 Å². The molecule has 0 aliphatic carbocycles. The normalized spacial score (nSPS) is 16.3. The molecule has 0 fully saturated rings. The van der Waals surface area contributed by atoms with Crippen molar-refractivity contribution in [1.29, 1.82) is 0 Å². The van der Waals surface area contributed by atoms with Gasteiger partial charge in [-0.3, -0.25) is 0 Å². The summed E-state index contributed by atoms with van der Waals surface area (Å²) in [7, 11) is 0. The number of rotatable bonds is 7. The van der Waals surface area contributed by atoms with Gasteiger partial charge in [0.2, 0.25) is 0 Å². The summed E-state index contributed by atoms with van der Waals surface area (Å²) < 4.78 is 21.5. The number of carbonyl (C=O) groups is 2. The molecule has 30 heavy (non-hydrogen) atoms. The molecule has 0 unspecified atom stereocenters. The van der Waals surface area contributed by atoms with E-state index in [1.54, 1.807) is 32.0 Å². The van der Waals surface area contributed by atoms with Gasteiger partial charge in [-0.15, -0.1) is 10.2 Å². The van der Waals surface area contributed by atoms with Gasteiger partial charge < -0.3 is 28.6 Å². The van der Waals surface area contributed by atoms with Crippen LogP contribution in [0.2, 0.25) is 0 Å². The fourth-order valence-corrected chi connectivity index (χ4v) is 3.70. The van der Waals surface area contributed by atoms with Crippen LogP contribution in [0, 0.1) is 6.92 Å². The first-order valence-electron chi connectivity index (χ1n) is 9.08. The lowest BCUT2D eigenvalue weighted by Crippen LogP contribution is -2.46. The molecule has 1 aliphatic rings. The third kappa shape index (κ3) is 3.96. The minimum Gasteiger partial charge on any atom is -0.469 e. The van der Waals surface area contributed by atoms with E-state index >= 15 is 0 Å². The fraction of sp³-hybridized carbons (Fsp3) is 0.263. The minimum atomic E-state index is -0.768. The van der Waals surface area contributed by atoms with Crippen LogP contribution in [-0.2, 0) is 9.53 Å². The zero-order chi connectivity index (χ0) is 21.1. The molecular formula is C19H18N4O6S. The first-order valence-corrected chi connectivity index (χ1v) is 10.1. The number of esters is 1. The molecular weight excluding hydrogens is 412 g/mol. The number of furan rings is 2. The summed E-state index contributed by atoms with van der Waals surface area (Å²) in [5.74, 6) is 1.05. The third-order valence-corrected chi connectivity index (χ3v) is 5.16. The first kappa shape index (κ1) is 19.8. The van der Waals surface area contributed by atoms with Crippen molar-refractivity contribution in [2.75, 3.05) is 12.4 Å². The van der Waals surface area contributed by atoms with Crippen LogP contribution in [0.3, 0.4) is 0 Å². The maximum Gasteiger partial charge on any atom is 0.338 e. The lowest BCUT2D eigenvalue weighted by atomic mass is 10.0. The zero-order valence-corrected chi connectivity index (χ0v) is 16.9. The molecule has 3 aromatic rings. The molecule has 1 atom stereocenters. The lowest BCUT2D eigenvalue weighted by Gasteiger charge is -2.27. The molecule has 2 N–H and O–H groups in total. The van der Waals surface area contributed by atoms with Crippen molar-refractivity contribution in [3.05, 3.63) is 53.5 Å². The van der Waals surface area contributed by atoms with E-state index < -0.39 is 18.0 Å². The van der Waals surface area contributed by atoms with Gasteiger partial charge >= 0.3 is 12.0 Å². The standard InChI is InChI=1S/C19H18N4O6S/c1-3-26-17(24)14-12(20-18(25)21-15(14)13-5-4-7-28-13)9-30-19-23-22-16(29-19)11-6-8-27-10(11)2/h4-8,15H,3,9H2,1-2H3,(H2,20,21,25)/t15-/m1/s1. The van der Waals surface area contributed by atoms with Crippen LogP contribution < -0.4 is 10.6 Å². The number of ether oxygens (including phenoxy) is 1. The van der Waals surface area contributed by atoms with Gasteiger partial charge in [0, 0.05) is 11.4 Å². The average molecular weight is 430 g/mol. The second kappa shape index (κ2) is 8.49. The third-order valence-electron chi connectivity index (χ3n) is 4.31. The largest absolute Gasteiger partial charge is 0.469 e. The van der Waals surface area contributed by atoms with Crippen molar-refractivity contribution < 1.29 is 27.6 Å². The molecule has 0 aromatic carbocycles. The SMILES string of the molecule is CCOC(=O)C1=C(CSc2nnc(-c3ccoc3C)o2)NC(=O)N[C@@H]1c1ccco1. The summed E-state index contributed by atoms with van der Waals surface area (Å²) in [5.41, 5.74) is 1.33. The van der Waals surface area contributed by atoms with E-state index in [0.29, 0.717) is 28.7 Å². The van der Waals surface area contributed by atoms with E-state index in [4.69, 9.17) is 18.0 Å². The van der Waals surface area contributed by atoms with Crippen LogP contribution in [-0.4, -0.2) is 34.6 Å². The van der Waals surface area contributed by atoms with Crippen molar-refractivity contribution in [2.24, 2.45) is 0 Å². The first-order chi connectivity index (χ1) is 14.6. The smallest absolute Gasteiger partial charge is 0.338 e. The van der Waals surface area contributed by atoms with Crippen LogP contribution in [0.15, 0.2) is 60.5 Å². The van der Waals surface area contributed by atoms with Crippen LogP contribution >= 0.6 is 11.8 Å². The highest BCUT2D eigenvalue weighted by Crippen LogP contribution is 2.32. The van der Waals surface area contributed by atoms with Gasteiger partial charge in [0.15, 0.2) is 0 Å². The molecule has 156 valence electrons. The number of hydrogen-bond donors (Lipinski definition) is 2. The Morgan fingerprint density at radius 1 is 1.27 bits per heavy atom. The Balaban J connectivity index is 1.60. The number of amides is 2. The van der Waals surface area contributed by atoms with Gasteiger partial charge in [-0.1, -0.05) is 11.8 Å². The van der Waals surface area contributed by atoms with E-state index in [9.17, 15) is 9.59 Å². The molecule has 4 heterocycles. The number of aromatic nitrogens is 2. The topological polar surface area (TPSA) is 133 Å². The van der Waals surface area contributed by atoms with Gasteiger partial charge in [0.25, 0.3) is 11.1 Å². The van der Waals surface area contributed by atoms with Gasteiger partial charge in [-0.2, -0.15) is 0 Å². The molecule has 11 heteroatoms. The van der Waals surface area contributed by atoms with Crippen LogP contribution in [0.25, 0.3) is 11.5 Å².